The summed E-state index contributed by atoms with van der Waals surface area (Å²) in [5, 5.41) is 5.60. The molecule has 0 saturated heterocycles. The Bertz CT molecular complexity index is 571. The molecule has 0 saturated carbocycles. The maximum atomic E-state index is 5.44. The zero-order chi connectivity index (χ0) is 14.5. The fourth-order valence-corrected chi connectivity index (χ4v) is 3.39. The number of nitrogens with one attached hydrogen (secondary N) is 1. The first-order valence-electron chi connectivity index (χ1n) is 6.32. The van der Waals surface area contributed by atoms with Crippen LogP contribution in [0.25, 0.3) is 0 Å². The summed E-state index contributed by atoms with van der Waals surface area (Å²) < 4.78 is 11.8. The number of halogens is 1. The third-order valence-corrected chi connectivity index (χ3v) is 4.81. The van der Waals surface area contributed by atoms with Crippen LogP contribution in [0.5, 0.6) is 11.5 Å². The molecule has 1 aromatic heterocycles. The summed E-state index contributed by atoms with van der Waals surface area (Å²) in [6.45, 7) is 2.97. The van der Waals surface area contributed by atoms with Gasteiger partial charge in [0.2, 0.25) is 0 Å². The quantitative estimate of drug-likeness (QED) is 0.833. The monoisotopic (exact) mass is 355 g/mol. The van der Waals surface area contributed by atoms with Crippen LogP contribution in [-0.2, 0) is 6.54 Å². The molecule has 0 spiro atoms. The van der Waals surface area contributed by atoms with Gasteiger partial charge in [-0.25, -0.2) is 0 Å². The third-order valence-electron chi connectivity index (χ3n) is 3.11. The molecule has 5 heteroatoms. The molecule has 20 heavy (non-hydrogen) atoms. The Morgan fingerprint density at radius 3 is 2.65 bits per heavy atom. The van der Waals surface area contributed by atoms with Crippen LogP contribution >= 0.6 is 27.3 Å². The molecule has 0 aliphatic carbocycles. The molecule has 2 aromatic rings. The lowest BCUT2D eigenvalue weighted by Crippen LogP contribution is -2.18. The van der Waals surface area contributed by atoms with E-state index in [9.17, 15) is 0 Å². The zero-order valence-corrected chi connectivity index (χ0v) is 14.2. The number of rotatable bonds is 6. The molecule has 3 nitrogen and oxygen atoms in total. The molecule has 0 aliphatic heterocycles. The van der Waals surface area contributed by atoms with Gasteiger partial charge in [-0.05, 0) is 35.0 Å². The molecule has 0 aliphatic rings. The maximum absolute atomic E-state index is 5.44. The Morgan fingerprint density at radius 1 is 1.25 bits per heavy atom. The summed E-state index contributed by atoms with van der Waals surface area (Å²) in [6, 6.07) is 8.25. The van der Waals surface area contributed by atoms with Crippen LogP contribution in [0.15, 0.2) is 34.1 Å². The first kappa shape index (κ1) is 15.4. The molecule has 0 bridgehead atoms. The van der Waals surface area contributed by atoms with E-state index >= 15 is 0 Å². The number of hydrogen-bond donors (Lipinski definition) is 1. The number of thiophene rings is 1. The number of methoxy groups -OCH3 is 2. The summed E-state index contributed by atoms with van der Waals surface area (Å²) in [6.07, 6.45) is 0. The van der Waals surface area contributed by atoms with Gasteiger partial charge in [-0.3, -0.25) is 0 Å². The lowest BCUT2D eigenvalue weighted by molar-refractivity contribution is 0.386. The SMILES string of the molecule is COc1ccc(C(C)NCc2cc(Br)cs2)c(OC)c1. The van der Waals surface area contributed by atoms with E-state index in [1.165, 1.54) is 4.88 Å². The Labute approximate surface area is 132 Å². The average Bonchev–Trinajstić information content (AvgIpc) is 2.89. The van der Waals surface area contributed by atoms with Gasteiger partial charge in [0.05, 0.1) is 14.2 Å². The first-order chi connectivity index (χ1) is 9.63. The minimum absolute atomic E-state index is 0.205. The second-order valence-corrected chi connectivity index (χ2v) is 6.35. The fraction of sp³-hybridized carbons (Fsp3) is 0.333. The van der Waals surface area contributed by atoms with Gasteiger partial charge in [0.15, 0.2) is 0 Å². The Balaban J connectivity index is 2.06. The lowest BCUT2D eigenvalue weighted by atomic mass is 10.1. The van der Waals surface area contributed by atoms with Crippen molar-refractivity contribution in [1.29, 1.82) is 0 Å². The van der Waals surface area contributed by atoms with E-state index in [0.717, 1.165) is 28.1 Å². The van der Waals surface area contributed by atoms with Gasteiger partial charge in [0, 0.05) is 38.9 Å². The molecular weight excluding hydrogens is 338 g/mol. The number of benzene rings is 1. The van der Waals surface area contributed by atoms with E-state index < -0.39 is 0 Å². The van der Waals surface area contributed by atoms with Crippen molar-refractivity contribution in [2.45, 2.75) is 19.5 Å². The van der Waals surface area contributed by atoms with Crippen molar-refractivity contribution in [1.82, 2.24) is 5.32 Å². The van der Waals surface area contributed by atoms with E-state index in [-0.39, 0.29) is 6.04 Å². The molecule has 1 unspecified atom stereocenters. The van der Waals surface area contributed by atoms with E-state index in [0.29, 0.717) is 0 Å². The summed E-state index contributed by atoms with van der Waals surface area (Å²) in [4.78, 5) is 1.30. The molecule has 1 heterocycles. The van der Waals surface area contributed by atoms with Crippen molar-refractivity contribution in [3.05, 3.63) is 44.6 Å². The van der Waals surface area contributed by atoms with E-state index in [2.05, 4.69) is 39.6 Å². The highest BCUT2D eigenvalue weighted by atomic mass is 79.9. The van der Waals surface area contributed by atoms with E-state index in [1.807, 2.05) is 18.2 Å². The third kappa shape index (κ3) is 3.75. The average molecular weight is 356 g/mol. The van der Waals surface area contributed by atoms with Crippen LogP contribution in [0.4, 0.5) is 0 Å². The Hall–Kier alpha value is -1.04. The molecular formula is C15H18BrNO2S. The van der Waals surface area contributed by atoms with Gasteiger partial charge in [-0.2, -0.15) is 0 Å². The fourth-order valence-electron chi connectivity index (χ4n) is 1.99. The van der Waals surface area contributed by atoms with Gasteiger partial charge >= 0.3 is 0 Å². The highest BCUT2D eigenvalue weighted by molar-refractivity contribution is 9.10. The molecule has 1 aromatic carbocycles. The van der Waals surface area contributed by atoms with Crippen LogP contribution in [0.1, 0.15) is 23.4 Å². The molecule has 2 rings (SSSR count). The normalized spacial score (nSPS) is 12.2. The predicted octanol–water partition coefficient (Wildman–Crippen LogP) is 4.38. The van der Waals surface area contributed by atoms with Crippen molar-refractivity contribution < 1.29 is 9.47 Å². The van der Waals surface area contributed by atoms with Crippen molar-refractivity contribution in [3.63, 3.8) is 0 Å². The Morgan fingerprint density at radius 2 is 2.05 bits per heavy atom. The van der Waals surface area contributed by atoms with Crippen LogP contribution in [0, 0.1) is 0 Å². The van der Waals surface area contributed by atoms with Gasteiger partial charge in [-0.1, -0.05) is 6.07 Å². The second kappa shape index (κ2) is 7.11. The largest absolute Gasteiger partial charge is 0.497 e. The first-order valence-corrected chi connectivity index (χ1v) is 7.99. The minimum Gasteiger partial charge on any atom is -0.497 e. The van der Waals surface area contributed by atoms with Crippen LogP contribution in [-0.4, -0.2) is 14.2 Å². The molecule has 0 fully saturated rings. The van der Waals surface area contributed by atoms with Crippen LogP contribution < -0.4 is 14.8 Å². The van der Waals surface area contributed by atoms with Gasteiger partial charge in [0.1, 0.15) is 11.5 Å². The molecule has 1 N–H and O–H groups in total. The van der Waals surface area contributed by atoms with Crippen molar-refractivity contribution in [2.24, 2.45) is 0 Å². The smallest absolute Gasteiger partial charge is 0.127 e. The summed E-state index contributed by atoms with van der Waals surface area (Å²) in [5.74, 6) is 1.65. The highest BCUT2D eigenvalue weighted by Gasteiger charge is 2.12. The molecule has 1 atom stereocenters. The molecule has 108 valence electrons. The highest BCUT2D eigenvalue weighted by Crippen LogP contribution is 2.29. The van der Waals surface area contributed by atoms with Crippen LogP contribution in [0.3, 0.4) is 0 Å². The second-order valence-electron chi connectivity index (χ2n) is 4.44. The standard InChI is InChI=1S/C15H18BrNO2S/c1-10(17-8-13-6-11(16)9-20-13)14-5-4-12(18-2)7-15(14)19-3/h4-7,9-10,17H,8H2,1-3H3. The minimum atomic E-state index is 0.205. The van der Waals surface area contributed by atoms with Crippen molar-refractivity contribution >= 4 is 27.3 Å². The van der Waals surface area contributed by atoms with E-state index in [1.54, 1.807) is 25.6 Å². The van der Waals surface area contributed by atoms with E-state index in [4.69, 9.17) is 9.47 Å². The van der Waals surface area contributed by atoms with Gasteiger partial charge < -0.3 is 14.8 Å². The summed E-state index contributed by atoms with van der Waals surface area (Å²) in [5.41, 5.74) is 1.13. The Kier molecular flexibility index (Phi) is 5.46. The van der Waals surface area contributed by atoms with Crippen LogP contribution in [0.2, 0.25) is 0 Å². The van der Waals surface area contributed by atoms with Gasteiger partial charge in [-0.15, -0.1) is 11.3 Å². The van der Waals surface area contributed by atoms with Crippen molar-refractivity contribution in [2.75, 3.05) is 14.2 Å². The number of ether oxygens (including phenoxy) is 2. The van der Waals surface area contributed by atoms with Gasteiger partial charge in [0.25, 0.3) is 0 Å². The molecule has 0 radical (unpaired) electrons. The predicted molar refractivity (Wildman–Crippen MR) is 86.8 cm³/mol. The summed E-state index contributed by atoms with van der Waals surface area (Å²) >= 11 is 5.21. The lowest BCUT2D eigenvalue weighted by Gasteiger charge is -2.17. The zero-order valence-electron chi connectivity index (χ0n) is 11.8. The molecule has 0 amide bonds. The topological polar surface area (TPSA) is 30.5 Å². The maximum Gasteiger partial charge on any atom is 0.127 e. The summed E-state index contributed by atoms with van der Waals surface area (Å²) in [7, 11) is 3.34. The number of hydrogen-bond acceptors (Lipinski definition) is 4. The van der Waals surface area contributed by atoms with Crippen molar-refractivity contribution in [3.8, 4) is 11.5 Å².